The summed E-state index contributed by atoms with van der Waals surface area (Å²) in [5, 5.41) is 2.82. The number of carbonyl (C=O) groups is 1. The van der Waals surface area contributed by atoms with E-state index < -0.39 is 0 Å². The number of rotatable bonds is 2. The zero-order chi connectivity index (χ0) is 10.7. The van der Waals surface area contributed by atoms with Gasteiger partial charge < -0.3 is 10.2 Å². The lowest BCUT2D eigenvalue weighted by Crippen LogP contribution is -2.39. The molecule has 2 rings (SSSR count). The summed E-state index contributed by atoms with van der Waals surface area (Å²) in [7, 11) is 0. The van der Waals surface area contributed by atoms with Gasteiger partial charge in [-0.15, -0.1) is 11.6 Å². The van der Waals surface area contributed by atoms with Gasteiger partial charge in [-0.25, -0.2) is 4.79 Å². The van der Waals surface area contributed by atoms with Crippen molar-refractivity contribution in [3.8, 4) is 0 Å². The van der Waals surface area contributed by atoms with Gasteiger partial charge in [-0.1, -0.05) is 12.2 Å². The zero-order valence-corrected chi connectivity index (χ0v) is 9.54. The van der Waals surface area contributed by atoms with Crippen LogP contribution in [0, 0.1) is 11.8 Å². The Bertz CT molecular complexity index is 251. The second-order valence-corrected chi connectivity index (χ2v) is 4.67. The molecule has 1 saturated heterocycles. The van der Waals surface area contributed by atoms with Gasteiger partial charge >= 0.3 is 6.03 Å². The van der Waals surface area contributed by atoms with E-state index in [9.17, 15) is 4.79 Å². The Hall–Kier alpha value is -0.700. The van der Waals surface area contributed by atoms with E-state index in [1.807, 2.05) is 4.90 Å². The molecule has 2 unspecified atom stereocenters. The molecule has 2 amide bonds. The molecule has 1 aliphatic carbocycles. The Balaban J connectivity index is 1.84. The van der Waals surface area contributed by atoms with Crippen LogP contribution in [0.2, 0.25) is 0 Å². The standard InChI is InChI=1S/C11H17ClN2O/c12-5-6-13-11(15)14-7-9-3-1-2-4-10(9)8-14/h1-2,9-10H,3-8H2,(H,13,15). The number of halogens is 1. The molecule has 2 atom stereocenters. The number of alkyl halides is 1. The number of urea groups is 1. The van der Waals surface area contributed by atoms with Crippen molar-refractivity contribution in [2.75, 3.05) is 25.5 Å². The maximum absolute atomic E-state index is 11.7. The molecule has 1 N–H and O–H groups in total. The van der Waals surface area contributed by atoms with Crippen LogP contribution in [0.3, 0.4) is 0 Å². The van der Waals surface area contributed by atoms with Gasteiger partial charge in [-0.3, -0.25) is 0 Å². The van der Waals surface area contributed by atoms with Crippen molar-refractivity contribution in [3.05, 3.63) is 12.2 Å². The third-order valence-corrected chi connectivity index (χ3v) is 3.47. The van der Waals surface area contributed by atoms with Crippen LogP contribution in [0.1, 0.15) is 12.8 Å². The van der Waals surface area contributed by atoms with Crippen LogP contribution in [0.5, 0.6) is 0 Å². The highest BCUT2D eigenvalue weighted by Gasteiger charge is 2.34. The van der Waals surface area contributed by atoms with Gasteiger partial charge in [0, 0.05) is 25.5 Å². The van der Waals surface area contributed by atoms with Gasteiger partial charge in [0.2, 0.25) is 0 Å². The summed E-state index contributed by atoms with van der Waals surface area (Å²) in [6.07, 6.45) is 6.73. The zero-order valence-electron chi connectivity index (χ0n) is 8.79. The van der Waals surface area contributed by atoms with Crippen molar-refractivity contribution in [2.24, 2.45) is 11.8 Å². The summed E-state index contributed by atoms with van der Waals surface area (Å²) in [4.78, 5) is 13.6. The number of hydrogen-bond acceptors (Lipinski definition) is 1. The van der Waals surface area contributed by atoms with Crippen molar-refractivity contribution < 1.29 is 4.79 Å². The molecule has 0 aromatic heterocycles. The average Bonchev–Trinajstić information content (AvgIpc) is 2.69. The monoisotopic (exact) mass is 228 g/mol. The SMILES string of the molecule is O=C(NCCCl)N1CC2CC=CCC2C1. The minimum Gasteiger partial charge on any atom is -0.337 e. The lowest BCUT2D eigenvalue weighted by atomic mass is 9.86. The van der Waals surface area contributed by atoms with E-state index in [-0.39, 0.29) is 6.03 Å². The predicted octanol–water partition coefficient (Wildman–Crippen LogP) is 1.83. The number of allylic oxidation sites excluding steroid dienone is 2. The fourth-order valence-corrected chi connectivity index (χ4v) is 2.54. The summed E-state index contributed by atoms with van der Waals surface area (Å²) in [5.74, 6) is 1.84. The molecule has 1 aliphatic heterocycles. The maximum Gasteiger partial charge on any atom is 0.317 e. The molecule has 0 radical (unpaired) electrons. The molecule has 15 heavy (non-hydrogen) atoms. The number of nitrogens with zero attached hydrogens (tertiary/aromatic N) is 1. The molecule has 0 bridgehead atoms. The molecular weight excluding hydrogens is 212 g/mol. The van der Waals surface area contributed by atoms with E-state index >= 15 is 0 Å². The Morgan fingerprint density at radius 2 is 1.93 bits per heavy atom. The number of amides is 2. The van der Waals surface area contributed by atoms with E-state index in [1.54, 1.807) is 0 Å². The van der Waals surface area contributed by atoms with Crippen LogP contribution in [0.4, 0.5) is 4.79 Å². The van der Waals surface area contributed by atoms with Crippen molar-refractivity contribution in [3.63, 3.8) is 0 Å². The molecule has 0 saturated carbocycles. The molecule has 3 nitrogen and oxygen atoms in total. The van der Waals surface area contributed by atoms with Crippen molar-refractivity contribution in [2.45, 2.75) is 12.8 Å². The molecule has 1 heterocycles. The number of carbonyl (C=O) groups excluding carboxylic acids is 1. The van der Waals surface area contributed by atoms with E-state index in [0.29, 0.717) is 24.3 Å². The molecule has 0 aromatic carbocycles. The first-order valence-corrected chi connectivity index (χ1v) is 6.08. The fraction of sp³-hybridized carbons (Fsp3) is 0.727. The third-order valence-electron chi connectivity index (χ3n) is 3.28. The maximum atomic E-state index is 11.7. The second kappa shape index (κ2) is 4.88. The smallest absolute Gasteiger partial charge is 0.317 e. The normalized spacial score (nSPS) is 29.0. The molecule has 84 valence electrons. The first kappa shape index (κ1) is 10.8. The number of hydrogen-bond donors (Lipinski definition) is 1. The second-order valence-electron chi connectivity index (χ2n) is 4.29. The van der Waals surface area contributed by atoms with Crippen LogP contribution in [-0.2, 0) is 0 Å². The first-order chi connectivity index (χ1) is 7.31. The largest absolute Gasteiger partial charge is 0.337 e. The van der Waals surface area contributed by atoms with E-state index in [4.69, 9.17) is 11.6 Å². The van der Waals surface area contributed by atoms with Gasteiger partial charge in [0.05, 0.1) is 0 Å². The molecule has 1 fully saturated rings. The summed E-state index contributed by atoms with van der Waals surface area (Å²) in [6, 6.07) is 0.0463. The van der Waals surface area contributed by atoms with Crippen LogP contribution in [-0.4, -0.2) is 36.4 Å². The van der Waals surface area contributed by atoms with E-state index in [0.717, 1.165) is 25.9 Å². The van der Waals surface area contributed by atoms with Gasteiger partial charge in [0.15, 0.2) is 0 Å². The van der Waals surface area contributed by atoms with Crippen LogP contribution < -0.4 is 5.32 Å². The summed E-state index contributed by atoms with van der Waals surface area (Å²) in [5.41, 5.74) is 0. The highest BCUT2D eigenvalue weighted by Crippen LogP contribution is 2.32. The summed E-state index contributed by atoms with van der Waals surface area (Å²) < 4.78 is 0. The Morgan fingerprint density at radius 3 is 2.47 bits per heavy atom. The number of likely N-dealkylation sites (tertiary alicyclic amines) is 1. The Morgan fingerprint density at radius 1 is 1.33 bits per heavy atom. The minimum atomic E-state index is 0.0463. The fourth-order valence-electron chi connectivity index (χ4n) is 2.45. The average molecular weight is 229 g/mol. The topological polar surface area (TPSA) is 32.3 Å². The van der Waals surface area contributed by atoms with E-state index in [1.165, 1.54) is 0 Å². The molecule has 0 aromatic rings. The van der Waals surface area contributed by atoms with Crippen molar-refractivity contribution in [1.29, 1.82) is 0 Å². The van der Waals surface area contributed by atoms with Gasteiger partial charge in [-0.2, -0.15) is 0 Å². The molecule has 4 heteroatoms. The van der Waals surface area contributed by atoms with Gasteiger partial charge in [0.25, 0.3) is 0 Å². The number of nitrogens with one attached hydrogen (secondary N) is 1. The van der Waals surface area contributed by atoms with Crippen LogP contribution in [0.25, 0.3) is 0 Å². The molecular formula is C11H17ClN2O. The van der Waals surface area contributed by atoms with Crippen molar-refractivity contribution >= 4 is 17.6 Å². The third kappa shape index (κ3) is 2.46. The van der Waals surface area contributed by atoms with E-state index in [2.05, 4.69) is 17.5 Å². The predicted molar refractivity (Wildman–Crippen MR) is 61.0 cm³/mol. The molecule has 2 aliphatic rings. The van der Waals surface area contributed by atoms with Crippen molar-refractivity contribution in [1.82, 2.24) is 10.2 Å². The lowest BCUT2D eigenvalue weighted by Gasteiger charge is -2.17. The highest BCUT2D eigenvalue weighted by atomic mass is 35.5. The summed E-state index contributed by atoms with van der Waals surface area (Å²) in [6.45, 7) is 2.37. The summed E-state index contributed by atoms with van der Waals surface area (Å²) >= 11 is 5.53. The number of fused-ring (bicyclic) bond motifs is 1. The quantitative estimate of drug-likeness (QED) is 0.568. The van der Waals surface area contributed by atoms with Gasteiger partial charge in [0.1, 0.15) is 0 Å². The van der Waals surface area contributed by atoms with Crippen LogP contribution in [0.15, 0.2) is 12.2 Å². The Labute approximate surface area is 95.5 Å². The molecule has 0 spiro atoms. The van der Waals surface area contributed by atoms with Crippen LogP contribution >= 0.6 is 11.6 Å². The first-order valence-electron chi connectivity index (χ1n) is 5.55. The highest BCUT2D eigenvalue weighted by molar-refractivity contribution is 6.18. The van der Waals surface area contributed by atoms with Gasteiger partial charge in [-0.05, 0) is 24.7 Å². The Kier molecular flexibility index (Phi) is 3.52. The minimum absolute atomic E-state index is 0.0463. The lowest BCUT2D eigenvalue weighted by molar-refractivity contribution is 0.207.